The first-order chi connectivity index (χ1) is 19.6. The van der Waals surface area contributed by atoms with Crippen LogP contribution in [0, 0.1) is 22.7 Å². The van der Waals surface area contributed by atoms with Gasteiger partial charge in [0.15, 0.2) is 6.10 Å². The largest absolute Gasteiger partial charge is 0.458 e. The van der Waals surface area contributed by atoms with E-state index < -0.39 is 77.1 Å². The van der Waals surface area contributed by atoms with E-state index in [9.17, 15) is 24.6 Å². The van der Waals surface area contributed by atoms with Crippen molar-refractivity contribution in [3.63, 3.8) is 0 Å². The number of ether oxygens (including phenoxy) is 3. The number of carbonyl (C=O) groups is 3. The van der Waals surface area contributed by atoms with Gasteiger partial charge in [0.1, 0.15) is 18.3 Å². The molecule has 0 saturated heterocycles. The summed E-state index contributed by atoms with van der Waals surface area (Å²) in [6, 6.07) is 8.77. The van der Waals surface area contributed by atoms with Gasteiger partial charge in [-0.1, -0.05) is 57.7 Å². The number of aliphatic hydroxyl groups excluding tert-OH is 2. The fourth-order valence-electron chi connectivity index (χ4n) is 7.80. The van der Waals surface area contributed by atoms with Crippen LogP contribution in [0.3, 0.4) is 0 Å². The van der Waals surface area contributed by atoms with Crippen molar-refractivity contribution in [2.75, 3.05) is 0 Å². The van der Waals surface area contributed by atoms with Gasteiger partial charge in [0.2, 0.25) is 0 Å². The normalized spacial score (nSPS) is 34.8. The minimum atomic E-state index is -1.22. The van der Waals surface area contributed by atoms with E-state index in [1.165, 1.54) is 13.8 Å². The zero-order valence-electron chi connectivity index (χ0n) is 25.5. The highest BCUT2D eigenvalue weighted by molar-refractivity contribution is 5.71. The molecule has 2 saturated carbocycles. The summed E-state index contributed by atoms with van der Waals surface area (Å²) in [4.78, 5) is 37.4. The van der Waals surface area contributed by atoms with Crippen LogP contribution < -0.4 is 5.73 Å². The number of esters is 3. The molecule has 0 unspecified atom stereocenters. The Bertz CT molecular complexity index is 1260. The summed E-state index contributed by atoms with van der Waals surface area (Å²) in [5, 5.41) is 24.2. The molecule has 2 bridgehead atoms. The summed E-state index contributed by atoms with van der Waals surface area (Å²) < 4.78 is 17.4. The van der Waals surface area contributed by atoms with E-state index in [0.717, 1.165) is 5.56 Å². The van der Waals surface area contributed by atoms with Gasteiger partial charge in [0.25, 0.3) is 0 Å². The minimum absolute atomic E-state index is 0.0252. The Labute approximate surface area is 248 Å². The van der Waals surface area contributed by atoms with Gasteiger partial charge in [0.05, 0.1) is 12.5 Å². The lowest BCUT2D eigenvalue weighted by atomic mass is 9.49. The summed E-state index contributed by atoms with van der Waals surface area (Å²) in [6.07, 6.45) is -3.58. The molecule has 3 aliphatic rings. The molecule has 1 aromatic rings. The maximum atomic E-state index is 13.0. The Kier molecular flexibility index (Phi) is 9.07. The Balaban J connectivity index is 1.70. The molecular weight excluding hydrogens is 538 g/mol. The van der Waals surface area contributed by atoms with Crippen molar-refractivity contribution in [3.8, 4) is 0 Å². The highest BCUT2D eigenvalue weighted by Gasteiger charge is 2.62. The van der Waals surface area contributed by atoms with Crippen LogP contribution >= 0.6 is 0 Å². The molecule has 0 aromatic heterocycles. The second kappa shape index (κ2) is 11.9. The number of fused-ring (bicyclic) bond motifs is 3. The van der Waals surface area contributed by atoms with Gasteiger partial charge < -0.3 is 30.2 Å². The summed E-state index contributed by atoms with van der Waals surface area (Å²) in [6.45, 7) is 14.5. The molecular formula is C33H45NO8. The standard InChI is InChI=1S/C33H45NO8/c1-17-24(42-26(37)16-23(34)21-11-9-8-10-12-21)13-14-33(7)27(17)29(38)22-15-25(40-19(3)35)18(2)28(32(22,5)6)30(31(33)39)41-20(4)36/h8-12,22-25,27,29-31,38-39H,1,13-16,34H2,2-7H3/t22-,23-,24+,25+,27+,29-,30-,31+,33-/m1/s1. The first-order valence-corrected chi connectivity index (χ1v) is 14.7. The fourth-order valence-corrected chi connectivity index (χ4v) is 7.80. The Morgan fingerprint density at radius 3 is 2.24 bits per heavy atom. The van der Waals surface area contributed by atoms with Crippen LogP contribution in [0.5, 0.6) is 0 Å². The van der Waals surface area contributed by atoms with Crippen molar-refractivity contribution in [1.29, 1.82) is 0 Å². The quantitative estimate of drug-likeness (QED) is 0.258. The van der Waals surface area contributed by atoms with E-state index in [4.69, 9.17) is 19.9 Å². The average molecular weight is 584 g/mol. The lowest BCUT2D eigenvalue weighted by Crippen LogP contribution is -2.63. The number of benzene rings is 1. The van der Waals surface area contributed by atoms with Crippen molar-refractivity contribution < 1.29 is 38.8 Å². The molecule has 9 nitrogen and oxygen atoms in total. The van der Waals surface area contributed by atoms with Crippen molar-refractivity contribution >= 4 is 17.9 Å². The maximum Gasteiger partial charge on any atom is 0.308 e. The zero-order chi connectivity index (χ0) is 31.1. The van der Waals surface area contributed by atoms with Gasteiger partial charge in [0, 0.05) is 31.2 Å². The molecule has 42 heavy (non-hydrogen) atoms. The van der Waals surface area contributed by atoms with Crippen LogP contribution in [0.1, 0.15) is 78.8 Å². The highest BCUT2D eigenvalue weighted by Crippen LogP contribution is 2.59. The molecule has 230 valence electrons. The highest BCUT2D eigenvalue weighted by atomic mass is 16.6. The number of hydrogen-bond acceptors (Lipinski definition) is 9. The van der Waals surface area contributed by atoms with E-state index in [2.05, 4.69) is 6.58 Å². The van der Waals surface area contributed by atoms with Crippen LogP contribution in [0.25, 0.3) is 0 Å². The molecule has 0 spiro atoms. The van der Waals surface area contributed by atoms with E-state index in [1.54, 1.807) is 0 Å². The van der Waals surface area contributed by atoms with Gasteiger partial charge in [-0.15, -0.1) is 0 Å². The molecule has 1 aromatic carbocycles. The molecule has 9 heteroatoms. The summed E-state index contributed by atoms with van der Waals surface area (Å²) in [7, 11) is 0. The number of carbonyl (C=O) groups excluding carboxylic acids is 3. The van der Waals surface area contributed by atoms with E-state index in [0.29, 0.717) is 36.0 Å². The van der Waals surface area contributed by atoms with Crippen LogP contribution in [-0.2, 0) is 28.6 Å². The number of hydrogen-bond donors (Lipinski definition) is 3. The molecule has 3 aliphatic carbocycles. The topological polar surface area (TPSA) is 145 Å². The molecule has 0 heterocycles. The number of rotatable bonds is 6. The van der Waals surface area contributed by atoms with E-state index in [-0.39, 0.29) is 6.42 Å². The average Bonchev–Trinajstić information content (AvgIpc) is 2.90. The first kappa shape index (κ1) is 31.9. The van der Waals surface area contributed by atoms with Crippen molar-refractivity contribution in [3.05, 3.63) is 59.2 Å². The Morgan fingerprint density at radius 1 is 1.02 bits per heavy atom. The van der Waals surface area contributed by atoms with E-state index >= 15 is 0 Å². The maximum absolute atomic E-state index is 13.0. The van der Waals surface area contributed by atoms with Crippen LogP contribution in [0.2, 0.25) is 0 Å². The van der Waals surface area contributed by atoms with Crippen molar-refractivity contribution in [2.45, 2.75) is 104 Å². The lowest BCUT2D eigenvalue weighted by molar-refractivity contribution is -0.183. The number of aliphatic hydroxyl groups is 2. The summed E-state index contributed by atoms with van der Waals surface area (Å²) >= 11 is 0. The summed E-state index contributed by atoms with van der Waals surface area (Å²) in [5.41, 5.74) is 7.23. The van der Waals surface area contributed by atoms with Gasteiger partial charge in [-0.25, -0.2) is 0 Å². The van der Waals surface area contributed by atoms with Crippen LogP contribution in [0.15, 0.2) is 53.6 Å². The monoisotopic (exact) mass is 583 g/mol. The third-order valence-electron chi connectivity index (χ3n) is 9.96. The van der Waals surface area contributed by atoms with Crippen molar-refractivity contribution in [2.24, 2.45) is 28.4 Å². The Hall–Kier alpha value is -3.01. The predicted octanol–water partition coefficient (Wildman–Crippen LogP) is 3.92. The number of nitrogens with two attached hydrogens (primary N) is 1. The van der Waals surface area contributed by atoms with Gasteiger partial charge in [-0.3, -0.25) is 14.4 Å². The van der Waals surface area contributed by atoms with Gasteiger partial charge >= 0.3 is 17.9 Å². The minimum Gasteiger partial charge on any atom is -0.458 e. The van der Waals surface area contributed by atoms with Crippen LogP contribution in [-0.4, -0.2) is 58.6 Å². The molecule has 2 fully saturated rings. The molecule has 0 radical (unpaired) electrons. The van der Waals surface area contributed by atoms with Gasteiger partial charge in [-0.2, -0.15) is 0 Å². The molecule has 0 amide bonds. The Morgan fingerprint density at radius 2 is 1.64 bits per heavy atom. The SMILES string of the molecule is C=C1[C@@H](OC(=O)C[C@@H](N)c2ccccc2)CC[C@@]2(C)[C@@H](O)[C@H](OC(C)=O)C3=C(C)[C@@H](OC(C)=O)C[C@H]([C@@H](O)[C@H]12)C3(C)C. The summed E-state index contributed by atoms with van der Waals surface area (Å²) in [5.74, 6) is -2.66. The first-order valence-electron chi connectivity index (χ1n) is 14.7. The zero-order valence-corrected chi connectivity index (χ0v) is 25.5. The van der Waals surface area contributed by atoms with Gasteiger partial charge in [-0.05, 0) is 59.8 Å². The van der Waals surface area contributed by atoms with Crippen molar-refractivity contribution in [1.82, 2.24) is 0 Å². The molecule has 9 atom stereocenters. The van der Waals surface area contributed by atoms with Crippen LogP contribution in [0.4, 0.5) is 0 Å². The second-order valence-corrected chi connectivity index (χ2v) is 13.0. The van der Waals surface area contributed by atoms with E-state index in [1.807, 2.05) is 58.0 Å². The molecule has 4 rings (SSSR count). The lowest BCUT2D eigenvalue weighted by Gasteiger charge is -2.59. The second-order valence-electron chi connectivity index (χ2n) is 13.0. The fraction of sp³-hybridized carbons (Fsp3) is 0.606. The predicted molar refractivity (Wildman–Crippen MR) is 156 cm³/mol. The smallest absolute Gasteiger partial charge is 0.308 e. The third-order valence-corrected chi connectivity index (χ3v) is 9.96. The molecule has 0 aliphatic heterocycles. The molecule has 4 N–H and O–H groups in total. The third kappa shape index (κ3) is 5.79.